The van der Waals surface area contributed by atoms with Crippen LogP contribution in [0.5, 0.6) is 0 Å². The molecule has 144 valence electrons. The van der Waals surface area contributed by atoms with Crippen molar-refractivity contribution in [3.05, 3.63) is 64.2 Å². The molecular formula is C22H28ClN3O. The predicted molar refractivity (Wildman–Crippen MR) is 112 cm³/mol. The Balaban J connectivity index is 1.51. The fourth-order valence-electron chi connectivity index (χ4n) is 3.53. The van der Waals surface area contributed by atoms with Crippen LogP contribution in [-0.4, -0.2) is 43.0 Å². The highest BCUT2D eigenvalue weighted by Gasteiger charge is 2.26. The zero-order valence-electron chi connectivity index (χ0n) is 16.3. The molecule has 4 nitrogen and oxygen atoms in total. The maximum atomic E-state index is 12.5. The molecule has 5 heteroatoms. The minimum Gasteiger partial charge on any atom is -0.369 e. The number of benzene rings is 2. The first-order valence-electron chi connectivity index (χ1n) is 9.53. The summed E-state index contributed by atoms with van der Waals surface area (Å²) in [4.78, 5) is 17.2. The van der Waals surface area contributed by atoms with Gasteiger partial charge in [0.1, 0.15) is 0 Å². The van der Waals surface area contributed by atoms with E-state index in [9.17, 15) is 4.79 Å². The van der Waals surface area contributed by atoms with Crippen LogP contribution in [0.25, 0.3) is 0 Å². The zero-order chi connectivity index (χ0) is 19.4. The number of carbonyl (C=O) groups excluding carboxylic acids is 1. The number of nitrogens with one attached hydrogen (secondary N) is 1. The van der Waals surface area contributed by atoms with E-state index in [2.05, 4.69) is 47.2 Å². The number of halogens is 1. The molecule has 0 aromatic heterocycles. The van der Waals surface area contributed by atoms with Gasteiger partial charge in [0.15, 0.2) is 0 Å². The van der Waals surface area contributed by atoms with Gasteiger partial charge in [-0.25, -0.2) is 0 Å². The molecule has 1 atom stereocenters. The largest absolute Gasteiger partial charge is 0.369 e. The average molecular weight is 386 g/mol. The monoisotopic (exact) mass is 385 g/mol. The third kappa shape index (κ3) is 4.82. The van der Waals surface area contributed by atoms with E-state index in [-0.39, 0.29) is 11.9 Å². The summed E-state index contributed by atoms with van der Waals surface area (Å²) >= 11 is 5.90. The molecule has 1 saturated heterocycles. The Bertz CT molecular complexity index is 783. The lowest BCUT2D eigenvalue weighted by molar-refractivity contribution is -0.126. The van der Waals surface area contributed by atoms with Crippen LogP contribution in [-0.2, 0) is 11.3 Å². The quantitative estimate of drug-likeness (QED) is 0.850. The van der Waals surface area contributed by atoms with E-state index in [0.29, 0.717) is 11.6 Å². The van der Waals surface area contributed by atoms with Crippen LogP contribution in [0.2, 0.25) is 5.02 Å². The molecule has 0 bridgehead atoms. The summed E-state index contributed by atoms with van der Waals surface area (Å²) in [7, 11) is 0. The molecule has 2 aromatic rings. The lowest BCUT2D eigenvalue weighted by atomic mass is 10.1. The normalized spacial score (nSPS) is 16.2. The summed E-state index contributed by atoms with van der Waals surface area (Å²) in [5.74, 6) is 0.0742. The Labute approximate surface area is 167 Å². The maximum Gasteiger partial charge on any atom is 0.237 e. The van der Waals surface area contributed by atoms with E-state index in [4.69, 9.17) is 11.6 Å². The fourth-order valence-corrected chi connectivity index (χ4v) is 3.66. The summed E-state index contributed by atoms with van der Waals surface area (Å²) in [5, 5.41) is 3.75. The lowest BCUT2D eigenvalue weighted by Crippen LogP contribution is -2.54. The smallest absolute Gasteiger partial charge is 0.237 e. The van der Waals surface area contributed by atoms with Crippen molar-refractivity contribution in [3.8, 4) is 0 Å². The SMILES string of the molecule is Cc1cccc(N2CCN(C(C)C(=O)NCc3ccc(Cl)cc3)CC2)c1C. The Morgan fingerprint density at radius 3 is 2.41 bits per heavy atom. The number of piperazine rings is 1. The van der Waals surface area contributed by atoms with Crippen molar-refractivity contribution in [2.24, 2.45) is 0 Å². The Morgan fingerprint density at radius 2 is 1.74 bits per heavy atom. The number of hydrogen-bond acceptors (Lipinski definition) is 3. The van der Waals surface area contributed by atoms with Gasteiger partial charge in [0.2, 0.25) is 5.91 Å². The van der Waals surface area contributed by atoms with Gasteiger partial charge in [0, 0.05) is 43.4 Å². The molecular weight excluding hydrogens is 358 g/mol. The highest BCUT2D eigenvalue weighted by Crippen LogP contribution is 2.24. The van der Waals surface area contributed by atoms with Crippen LogP contribution in [0.4, 0.5) is 5.69 Å². The predicted octanol–water partition coefficient (Wildman–Crippen LogP) is 3.78. The molecule has 0 saturated carbocycles. The highest BCUT2D eigenvalue weighted by molar-refractivity contribution is 6.30. The van der Waals surface area contributed by atoms with Crippen LogP contribution in [0.1, 0.15) is 23.6 Å². The second kappa shape index (κ2) is 8.77. The maximum absolute atomic E-state index is 12.5. The average Bonchev–Trinajstić information content (AvgIpc) is 2.69. The van der Waals surface area contributed by atoms with Crippen LogP contribution >= 0.6 is 11.6 Å². The number of hydrogen-bond donors (Lipinski definition) is 1. The highest BCUT2D eigenvalue weighted by atomic mass is 35.5. The van der Waals surface area contributed by atoms with Crippen molar-refractivity contribution in [2.75, 3.05) is 31.1 Å². The van der Waals surface area contributed by atoms with Crippen molar-refractivity contribution in [1.82, 2.24) is 10.2 Å². The standard InChI is InChI=1S/C22H28ClN3O/c1-16-5-4-6-21(17(16)2)26-13-11-25(12-14-26)18(3)22(27)24-15-19-7-9-20(23)10-8-19/h4-10,18H,11-15H2,1-3H3,(H,24,27). The molecule has 2 aromatic carbocycles. The van der Waals surface area contributed by atoms with Gasteiger partial charge in [0.25, 0.3) is 0 Å². The number of anilines is 1. The number of amides is 1. The van der Waals surface area contributed by atoms with Crippen molar-refractivity contribution < 1.29 is 4.79 Å². The van der Waals surface area contributed by atoms with Gasteiger partial charge < -0.3 is 10.2 Å². The van der Waals surface area contributed by atoms with Crippen molar-refractivity contribution in [3.63, 3.8) is 0 Å². The molecule has 1 amide bonds. The number of carbonyl (C=O) groups is 1. The number of aryl methyl sites for hydroxylation is 1. The lowest BCUT2D eigenvalue weighted by Gasteiger charge is -2.39. The Morgan fingerprint density at radius 1 is 1.07 bits per heavy atom. The van der Waals surface area contributed by atoms with E-state index >= 15 is 0 Å². The molecule has 1 fully saturated rings. The van der Waals surface area contributed by atoms with E-state index in [1.54, 1.807) is 0 Å². The topological polar surface area (TPSA) is 35.6 Å². The first-order chi connectivity index (χ1) is 13.0. The summed E-state index contributed by atoms with van der Waals surface area (Å²) in [6.07, 6.45) is 0. The van der Waals surface area contributed by atoms with Gasteiger partial charge >= 0.3 is 0 Å². The molecule has 1 aliphatic heterocycles. The van der Waals surface area contributed by atoms with E-state index in [0.717, 1.165) is 31.7 Å². The molecule has 1 heterocycles. The Kier molecular flexibility index (Phi) is 6.40. The molecule has 27 heavy (non-hydrogen) atoms. The summed E-state index contributed by atoms with van der Waals surface area (Å²) < 4.78 is 0. The number of nitrogens with zero attached hydrogens (tertiary/aromatic N) is 2. The third-order valence-electron chi connectivity index (χ3n) is 5.54. The van der Waals surface area contributed by atoms with Crippen molar-refractivity contribution in [2.45, 2.75) is 33.4 Å². The van der Waals surface area contributed by atoms with Crippen LogP contribution in [0.15, 0.2) is 42.5 Å². The van der Waals surface area contributed by atoms with Gasteiger partial charge in [0.05, 0.1) is 6.04 Å². The minimum atomic E-state index is -0.127. The molecule has 1 unspecified atom stereocenters. The van der Waals surface area contributed by atoms with Crippen molar-refractivity contribution in [1.29, 1.82) is 0 Å². The summed E-state index contributed by atoms with van der Waals surface area (Å²) in [5.41, 5.74) is 5.04. The van der Waals surface area contributed by atoms with Gasteiger partial charge in [-0.2, -0.15) is 0 Å². The first kappa shape index (κ1) is 19.7. The van der Waals surface area contributed by atoms with Gasteiger partial charge in [-0.15, -0.1) is 0 Å². The van der Waals surface area contributed by atoms with Gasteiger partial charge in [-0.3, -0.25) is 9.69 Å². The molecule has 0 spiro atoms. The fraction of sp³-hybridized carbons (Fsp3) is 0.409. The first-order valence-corrected chi connectivity index (χ1v) is 9.91. The van der Waals surface area contributed by atoms with E-state index in [1.165, 1.54) is 16.8 Å². The van der Waals surface area contributed by atoms with E-state index in [1.807, 2.05) is 31.2 Å². The van der Waals surface area contributed by atoms with Crippen molar-refractivity contribution >= 4 is 23.2 Å². The molecule has 1 aliphatic rings. The third-order valence-corrected chi connectivity index (χ3v) is 5.79. The molecule has 1 N–H and O–H groups in total. The summed E-state index contributed by atoms with van der Waals surface area (Å²) in [6.45, 7) is 10.5. The van der Waals surface area contributed by atoms with Crippen LogP contribution < -0.4 is 10.2 Å². The summed E-state index contributed by atoms with van der Waals surface area (Å²) in [6, 6.07) is 13.9. The van der Waals surface area contributed by atoms with Gasteiger partial charge in [-0.1, -0.05) is 35.9 Å². The van der Waals surface area contributed by atoms with E-state index < -0.39 is 0 Å². The second-order valence-corrected chi connectivity index (χ2v) is 7.70. The van der Waals surface area contributed by atoms with Crippen LogP contribution in [0, 0.1) is 13.8 Å². The second-order valence-electron chi connectivity index (χ2n) is 7.26. The van der Waals surface area contributed by atoms with Gasteiger partial charge in [-0.05, 0) is 55.7 Å². The molecule has 3 rings (SSSR count). The Hall–Kier alpha value is -2.04. The number of rotatable bonds is 5. The molecule has 0 radical (unpaired) electrons. The molecule has 0 aliphatic carbocycles. The van der Waals surface area contributed by atoms with Crippen LogP contribution in [0.3, 0.4) is 0 Å². The minimum absolute atomic E-state index is 0.0742. The zero-order valence-corrected chi connectivity index (χ0v) is 17.1.